The number of piperidine rings is 1. The molecule has 1 aliphatic heterocycles. The van der Waals surface area contributed by atoms with Crippen LogP contribution in [0, 0.1) is 0 Å². The minimum Gasteiger partial charge on any atom is -0.507 e. The number of hydrogen-bond acceptors (Lipinski definition) is 7. The van der Waals surface area contributed by atoms with Gasteiger partial charge in [-0.3, -0.25) is 4.79 Å². The third-order valence-corrected chi connectivity index (χ3v) is 5.72. The van der Waals surface area contributed by atoms with Gasteiger partial charge >= 0.3 is 0 Å². The molecule has 0 radical (unpaired) electrons. The molecule has 0 spiro atoms. The maximum Gasteiger partial charge on any atom is 0.197 e. The Morgan fingerprint density at radius 3 is 2.66 bits per heavy atom. The normalized spacial score (nSPS) is 15.7. The number of fused-ring (bicyclic) bond motifs is 1. The topological polar surface area (TPSA) is 95.2 Å². The van der Waals surface area contributed by atoms with Gasteiger partial charge in [-0.25, -0.2) is 0 Å². The van der Waals surface area contributed by atoms with E-state index in [0.717, 1.165) is 31.7 Å². The predicted molar refractivity (Wildman–Crippen MR) is 124 cm³/mol. The summed E-state index contributed by atoms with van der Waals surface area (Å²) in [6.45, 7) is 4.59. The molecule has 3 aromatic rings. The molecule has 7 heteroatoms. The molecule has 1 aromatic heterocycles. The number of likely N-dealkylation sites (tertiary alicyclic amines) is 1. The van der Waals surface area contributed by atoms with Gasteiger partial charge in [0.25, 0.3) is 0 Å². The molecule has 32 heavy (non-hydrogen) atoms. The Morgan fingerprint density at radius 2 is 1.88 bits per heavy atom. The molecule has 3 N–H and O–H groups in total. The van der Waals surface area contributed by atoms with Crippen molar-refractivity contribution in [3.8, 4) is 22.8 Å². The van der Waals surface area contributed by atoms with Crippen LogP contribution in [0.2, 0.25) is 0 Å². The molecule has 4 rings (SSSR count). The van der Waals surface area contributed by atoms with Gasteiger partial charge in [-0.05, 0) is 25.9 Å². The highest BCUT2D eigenvalue weighted by atomic mass is 16.5. The number of benzene rings is 2. The van der Waals surface area contributed by atoms with Gasteiger partial charge in [0.2, 0.25) is 0 Å². The van der Waals surface area contributed by atoms with E-state index in [1.165, 1.54) is 31.4 Å². The standard InChI is InChI=1S/C25H30N2O5/c28-19(16-26-9-12-27-10-5-2-6-11-27)17-31-20-13-21(29)25-22(30)15-23(32-24(25)14-20)18-7-3-1-4-8-18/h1,3-4,7-8,13-15,19,26,28-29H,2,5-6,9-12,16-17H2. The molecule has 1 saturated heterocycles. The zero-order valence-electron chi connectivity index (χ0n) is 18.1. The molecule has 0 aliphatic carbocycles. The zero-order chi connectivity index (χ0) is 22.3. The summed E-state index contributed by atoms with van der Waals surface area (Å²) in [4.78, 5) is 15.0. The van der Waals surface area contributed by atoms with Crippen LogP contribution in [0.4, 0.5) is 0 Å². The molecule has 0 amide bonds. The SMILES string of the molecule is O=c1cc(-c2ccccc2)oc2cc(OCC(O)CNCCN3CCCCC3)cc(O)c12. The monoisotopic (exact) mass is 438 g/mol. The predicted octanol–water partition coefficient (Wildman–Crippen LogP) is 2.98. The van der Waals surface area contributed by atoms with E-state index < -0.39 is 6.10 Å². The summed E-state index contributed by atoms with van der Waals surface area (Å²) < 4.78 is 11.5. The van der Waals surface area contributed by atoms with Crippen LogP contribution < -0.4 is 15.5 Å². The number of nitrogens with zero attached hydrogens (tertiary/aromatic N) is 1. The summed E-state index contributed by atoms with van der Waals surface area (Å²) in [7, 11) is 0. The number of nitrogens with one attached hydrogen (secondary N) is 1. The summed E-state index contributed by atoms with van der Waals surface area (Å²) in [5.74, 6) is 0.535. The fraction of sp³-hybridized carbons (Fsp3) is 0.400. The molecule has 1 fully saturated rings. The number of aliphatic hydroxyl groups excluding tert-OH is 1. The lowest BCUT2D eigenvalue weighted by Crippen LogP contribution is -2.39. The Morgan fingerprint density at radius 1 is 1.09 bits per heavy atom. The van der Waals surface area contributed by atoms with Gasteiger partial charge in [0.1, 0.15) is 40.9 Å². The fourth-order valence-electron chi connectivity index (χ4n) is 4.01. The number of phenolic OH excluding ortho intramolecular Hbond substituents is 1. The van der Waals surface area contributed by atoms with Gasteiger partial charge in [-0.1, -0.05) is 36.8 Å². The van der Waals surface area contributed by atoms with Crippen molar-refractivity contribution in [1.29, 1.82) is 0 Å². The molecular formula is C25H30N2O5. The molecule has 1 aliphatic rings. The Balaban J connectivity index is 1.36. The molecule has 1 unspecified atom stereocenters. The van der Waals surface area contributed by atoms with Gasteiger partial charge in [-0.15, -0.1) is 0 Å². The van der Waals surface area contributed by atoms with Crippen LogP contribution >= 0.6 is 0 Å². The molecule has 7 nitrogen and oxygen atoms in total. The first kappa shape index (κ1) is 22.3. The Bertz CT molecular complexity index is 1080. The first-order chi connectivity index (χ1) is 15.6. The minimum absolute atomic E-state index is 0.0598. The maximum absolute atomic E-state index is 12.5. The average molecular weight is 439 g/mol. The Kier molecular flexibility index (Phi) is 7.42. The van der Waals surface area contributed by atoms with Crippen molar-refractivity contribution in [2.75, 3.05) is 39.3 Å². The van der Waals surface area contributed by atoms with Crippen molar-refractivity contribution in [1.82, 2.24) is 10.2 Å². The Hall–Kier alpha value is -2.87. The van der Waals surface area contributed by atoms with E-state index in [2.05, 4.69) is 10.2 Å². The Labute approximate surface area is 187 Å². The van der Waals surface area contributed by atoms with Gasteiger partial charge in [0.15, 0.2) is 5.43 Å². The number of aliphatic hydroxyl groups is 1. The lowest BCUT2D eigenvalue weighted by Gasteiger charge is -2.26. The van der Waals surface area contributed by atoms with Crippen molar-refractivity contribution in [3.05, 3.63) is 58.8 Å². The van der Waals surface area contributed by atoms with E-state index in [4.69, 9.17) is 9.15 Å². The van der Waals surface area contributed by atoms with E-state index in [1.54, 1.807) is 6.07 Å². The molecule has 170 valence electrons. The van der Waals surface area contributed by atoms with Crippen molar-refractivity contribution in [2.45, 2.75) is 25.4 Å². The van der Waals surface area contributed by atoms with E-state index in [-0.39, 0.29) is 28.8 Å². The highest BCUT2D eigenvalue weighted by molar-refractivity contribution is 5.86. The second-order valence-corrected chi connectivity index (χ2v) is 8.23. The van der Waals surface area contributed by atoms with Crippen molar-refractivity contribution >= 4 is 11.0 Å². The largest absolute Gasteiger partial charge is 0.507 e. The molecular weight excluding hydrogens is 408 g/mol. The molecule has 2 heterocycles. The lowest BCUT2D eigenvalue weighted by molar-refractivity contribution is 0.105. The number of phenols is 1. The summed E-state index contributed by atoms with van der Waals surface area (Å²) in [5, 5.41) is 23.9. The third-order valence-electron chi connectivity index (χ3n) is 5.72. The van der Waals surface area contributed by atoms with Crippen LogP contribution in [0.1, 0.15) is 19.3 Å². The van der Waals surface area contributed by atoms with Gasteiger partial charge in [0.05, 0.1) is 0 Å². The van der Waals surface area contributed by atoms with Crippen molar-refractivity contribution in [3.63, 3.8) is 0 Å². The quantitative estimate of drug-likeness (QED) is 0.442. The number of aromatic hydroxyl groups is 1. The summed E-state index contributed by atoms with van der Waals surface area (Å²) >= 11 is 0. The average Bonchev–Trinajstić information content (AvgIpc) is 2.81. The van der Waals surface area contributed by atoms with Crippen LogP contribution in [0.5, 0.6) is 11.5 Å². The smallest absolute Gasteiger partial charge is 0.197 e. The van der Waals surface area contributed by atoms with Crippen molar-refractivity contribution < 1.29 is 19.4 Å². The fourth-order valence-corrected chi connectivity index (χ4v) is 4.01. The van der Waals surface area contributed by atoms with Gasteiger partial charge < -0.3 is 29.6 Å². The molecule has 0 saturated carbocycles. The third kappa shape index (κ3) is 5.68. The first-order valence-electron chi connectivity index (χ1n) is 11.2. The number of hydrogen-bond donors (Lipinski definition) is 3. The number of ether oxygens (including phenoxy) is 1. The van der Waals surface area contributed by atoms with Crippen molar-refractivity contribution in [2.24, 2.45) is 0 Å². The van der Waals surface area contributed by atoms with E-state index in [1.807, 2.05) is 30.3 Å². The van der Waals surface area contributed by atoms with E-state index in [9.17, 15) is 15.0 Å². The second kappa shape index (κ2) is 10.6. The zero-order valence-corrected chi connectivity index (χ0v) is 18.1. The van der Waals surface area contributed by atoms with Gasteiger partial charge in [-0.2, -0.15) is 0 Å². The van der Waals surface area contributed by atoms with Crippen LogP contribution in [-0.2, 0) is 0 Å². The maximum atomic E-state index is 12.5. The van der Waals surface area contributed by atoms with E-state index in [0.29, 0.717) is 18.1 Å². The molecule has 1 atom stereocenters. The molecule has 2 aromatic carbocycles. The molecule has 0 bridgehead atoms. The minimum atomic E-state index is -0.697. The summed E-state index contributed by atoms with van der Waals surface area (Å²) in [6, 6.07) is 13.6. The second-order valence-electron chi connectivity index (χ2n) is 8.23. The van der Waals surface area contributed by atoms with Gasteiger partial charge in [0, 0.05) is 43.4 Å². The van der Waals surface area contributed by atoms with Crippen LogP contribution in [-0.4, -0.2) is 60.5 Å². The summed E-state index contributed by atoms with van der Waals surface area (Å²) in [5.41, 5.74) is 0.677. The van der Waals surface area contributed by atoms with E-state index >= 15 is 0 Å². The van der Waals surface area contributed by atoms with Crippen LogP contribution in [0.3, 0.4) is 0 Å². The lowest BCUT2D eigenvalue weighted by atomic mass is 10.1. The highest BCUT2D eigenvalue weighted by Crippen LogP contribution is 2.31. The highest BCUT2D eigenvalue weighted by Gasteiger charge is 2.14. The first-order valence-corrected chi connectivity index (χ1v) is 11.2. The summed E-state index contributed by atoms with van der Waals surface area (Å²) in [6.07, 6.45) is 3.16. The van der Waals surface area contributed by atoms with Crippen LogP contribution in [0.25, 0.3) is 22.3 Å². The van der Waals surface area contributed by atoms with Crippen LogP contribution in [0.15, 0.2) is 57.7 Å². The number of rotatable bonds is 9.